The summed E-state index contributed by atoms with van der Waals surface area (Å²) in [6.07, 6.45) is 4.28. The standard InChI is InChI=1S/C15H18N6O2/c1-9-11(7-19-10(2)20-9)15(22)21-5-6-23-12(8-21)13-14(16)18-4-3-17-13/h3-4,7,12H,5-6,8H2,1-2H3,(H2,16,18)/t12-/m0/s1. The van der Waals surface area contributed by atoms with Crippen LogP contribution in [0.25, 0.3) is 0 Å². The second-order valence-electron chi connectivity index (χ2n) is 5.35. The number of rotatable bonds is 2. The average Bonchev–Trinajstić information content (AvgIpc) is 2.55. The molecule has 1 amide bonds. The van der Waals surface area contributed by atoms with E-state index in [1.807, 2.05) is 0 Å². The lowest BCUT2D eigenvalue weighted by Crippen LogP contribution is -2.43. The van der Waals surface area contributed by atoms with Gasteiger partial charge in [0.2, 0.25) is 0 Å². The van der Waals surface area contributed by atoms with Crippen molar-refractivity contribution < 1.29 is 9.53 Å². The summed E-state index contributed by atoms with van der Waals surface area (Å²) in [5, 5.41) is 0. The van der Waals surface area contributed by atoms with Crippen molar-refractivity contribution in [2.24, 2.45) is 0 Å². The molecule has 2 N–H and O–H groups in total. The zero-order chi connectivity index (χ0) is 16.4. The van der Waals surface area contributed by atoms with E-state index < -0.39 is 0 Å². The summed E-state index contributed by atoms with van der Waals surface area (Å²) in [5.74, 6) is 0.853. The van der Waals surface area contributed by atoms with E-state index in [1.54, 1.807) is 31.1 Å². The minimum absolute atomic E-state index is 0.113. The lowest BCUT2D eigenvalue weighted by Gasteiger charge is -2.33. The fraction of sp³-hybridized carbons (Fsp3) is 0.400. The van der Waals surface area contributed by atoms with E-state index in [1.165, 1.54) is 6.20 Å². The first-order chi connectivity index (χ1) is 11.1. The molecule has 3 heterocycles. The number of morpholine rings is 1. The maximum absolute atomic E-state index is 12.7. The molecule has 120 valence electrons. The molecule has 1 fully saturated rings. The van der Waals surface area contributed by atoms with E-state index in [4.69, 9.17) is 10.5 Å². The fourth-order valence-corrected chi connectivity index (χ4v) is 2.57. The smallest absolute Gasteiger partial charge is 0.257 e. The van der Waals surface area contributed by atoms with Crippen LogP contribution in [0.5, 0.6) is 0 Å². The van der Waals surface area contributed by atoms with Crippen molar-refractivity contribution >= 4 is 11.7 Å². The zero-order valence-corrected chi connectivity index (χ0v) is 13.1. The highest BCUT2D eigenvalue weighted by molar-refractivity contribution is 5.95. The summed E-state index contributed by atoms with van der Waals surface area (Å²) in [4.78, 5) is 31.0. The third kappa shape index (κ3) is 3.11. The molecule has 0 aliphatic carbocycles. The zero-order valence-electron chi connectivity index (χ0n) is 13.1. The van der Waals surface area contributed by atoms with Gasteiger partial charge < -0.3 is 15.4 Å². The molecule has 0 bridgehead atoms. The summed E-state index contributed by atoms with van der Waals surface area (Å²) in [5.41, 5.74) is 7.58. The number of ether oxygens (including phenoxy) is 1. The van der Waals surface area contributed by atoms with Gasteiger partial charge >= 0.3 is 0 Å². The minimum Gasteiger partial charge on any atom is -0.382 e. The van der Waals surface area contributed by atoms with Crippen molar-refractivity contribution in [2.75, 3.05) is 25.4 Å². The number of carbonyl (C=O) groups excluding carboxylic acids is 1. The van der Waals surface area contributed by atoms with Crippen molar-refractivity contribution in [3.8, 4) is 0 Å². The highest BCUT2D eigenvalue weighted by Crippen LogP contribution is 2.24. The van der Waals surface area contributed by atoms with Gasteiger partial charge in [0.1, 0.15) is 23.4 Å². The van der Waals surface area contributed by atoms with E-state index in [0.717, 1.165) is 0 Å². The van der Waals surface area contributed by atoms with Gasteiger partial charge in [-0.1, -0.05) is 0 Å². The van der Waals surface area contributed by atoms with Crippen LogP contribution in [-0.4, -0.2) is 50.4 Å². The number of anilines is 1. The quantitative estimate of drug-likeness (QED) is 0.868. The largest absolute Gasteiger partial charge is 0.382 e. The van der Waals surface area contributed by atoms with Gasteiger partial charge in [0.05, 0.1) is 24.4 Å². The van der Waals surface area contributed by atoms with Gasteiger partial charge in [-0.05, 0) is 13.8 Å². The summed E-state index contributed by atoms with van der Waals surface area (Å²) >= 11 is 0. The Labute approximate surface area is 133 Å². The Kier molecular flexibility index (Phi) is 4.16. The summed E-state index contributed by atoms with van der Waals surface area (Å²) in [7, 11) is 0. The van der Waals surface area contributed by atoms with Gasteiger partial charge in [0.25, 0.3) is 5.91 Å². The Morgan fingerprint density at radius 3 is 2.83 bits per heavy atom. The predicted molar refractivity (Wildman–Crippen MR) is 82.5 cm³/mol. The van der Waals surface area contributed by atoms with Gasteiger partial charge in [-0.2, -0.15) is 0 Å². The monoisotopic (exact) mass is 314 g/mol. The second-order valence-corrected chi connectivity index (χ2v) is 5.35. The summed E-state index contributed by atoms with van der Waals surface area (Å²) in [6, 6.07) is 0. The topological polar surface area (TPSA) is 107 Å². The highest BCUT2D eigenvalue weighted by Gasteiger charge is 2.29. The number of amides is 1. The molecule has 8 heteroatoms. The van der Waals surface area contributed by atoms with Gasteiger partial charge in [-0.15, -0.1) is 0 Å². The maximum Gasteiger partial charge on any atom is 0.257 e. The van der Waals surface area contributed by atoms with Crippen LogP contribution < -0.4 is 5.73 Å². The molecule has 1 aliphatic heterocycles. The number of carbonyl (C=O) groups is 1. The van der Waals surface area contributed by atoms with Crippen molar-refractivity contribution in [2.45, 2.75) is 20.0 Å². The minimum atomic E-state index is -0.381. The fourth-order valence-electron chi connectivity index (χ4n) is 2.57. The molecule has 0 radical (unpaired) electrons. The number of hydrogen-bond acceptors (Lipinski definition) is 7. The Bertz CT molecular complexity index is 736. The number of nitrogens with two attached hydrogens (primary N) is 1. The van der Waals surface area contributed by atoms with Crippen LogP contribution in [0.4, 0.5) is 5.82 Å². The lowest BCUT2D eigenvalue weighted by molar-refractivity contribution is -0.0245. The van der Waals surface area contributed by atoms with Gasteiger partial charge in [0.15, 0.2) is 0 Å². The van der Waals surface area contributed by atoms with Crippen LogP contribution in [0.15, 0.2) is 18.6 Å². The first-order valence-corrected chi connectivity index (χ1v) is 7.33. The van der Waals surface area contributed by atoms with E-state index in [0.29, 0.717) is 48.3 Å². The Morgan fingerprint density at radius 2 is 2.09 bits per heavy atom. The van der Waals surface area contributed by atoms with E-state index in [-0.39, 0.29) is 12.0 Å². The highest BCUT2D eigenvalue weighted by atomic mass is 16.5. The Hall–Kier alpha value is -2.61. The third-order valence-corrected chi connectivity index (χ3v) is 3.75. The lowest BCUT2D eigenvalue weighted by atomic mass is 10.1. The molecule has 1 aliphatic rings. The van der Waals surface area contributed by atoms with E-state index in [2.05, 4.69) is 19.9 Å². The molecule has 0 unspecified atom stereocenters. The molecule has 2 aromatic heterocycles. The molecule has 8 nitrogen and oxygen atoms in total. The molecular formula is C15H18N6O2. The van der Waals surface area contributed by atoms with Crippen LogP contribution in [0.2, 0.25) is 0 Å². The van der Waals surface area contributed by atoms with Crippen molar-refractivity contribution in [1.29, 1.82) is 0 Å². The first kappa shape index (κ1) is 15.3. The van der Waals surface area contributed by atoms with Crippen LogP contribution in [0, 0.1) is 13.8 Å². The number of hydrogen-bond donors (Lipinski definition) is 1. The normalized spacial score (nSPS) is 18.0. The van der Waals surface area contributed by atoms with Crippen molar-refractivity contribution in [3.05, 3.63) is 41.4 Å². The SMILES string of the molecule is Cc1ncc(C(=O)N2CCO[C@H](c3nccnc3N)C2)c(C)n1. The number of aryl methyl sites for hydroxylation is 2. The van der Waals surface area contributed by atoms with Crippen LogP contribution >= 0.6 is 0 Å². The Morgan fingerprint density at radius 1 is 1.30 bits per heavy atom. The van der Waals surface area contributed by atoms with Gasteiger partial charge in [-0.3, -0.25) is 9.78 Å². The summed E-state index contributed by atoms with van der Waals surface area (Å²) in [6.45, 7) is 4.89. The Balaban J connectivity index is 1.81. The second kappa shape index (κ2) is 6.25. The van der Waals surface area contributed by atoms with E-state index >= 15 is 0 Å². The maximum atomic E-state index is 12.7. The number of aromatic nitrogens is 4. The number of nitrogen functional groups attached to an aromatic ring is 1. The van der Waals surface area contributed by atoms with Crippen molar-refractivity contribution in [1.82, 2.24) is 24.8 Å². The molecule has 3 rings (SSSR count). The number of nitrogens with zero attached hydrogens (tertiary/aromatic N) is 5. The predicted octanol–water partition coefficient (Wildman–Crippen LogP) is 0.679. The van der Waals surface area contributed by atoms with Crippen LogP contribution in [-0.2, 0) is 4.74 Å². The average molecular weight is 314 g/mol. The molecular weight excluding hydrogens is 296 g/mol. The third-order valence-electron chi connectivity index (χ3n) is 3.75. The van der Waals surface area contributed by atoms with Gasteiger partial charge in [-0.25, -0.2) is 15.0 Å². The van der Waals surface area contributed by atoms with Crippen LogP contribution in [0.3, 0.4) is 0 Å². The molecule has 0 saturated carbocycles. The molecule has 23 heavy (non-hydrogen) atoms. The summed E-state index contributed by atoms with van der Waals surface area (Å²) < 4.78 is 5.70. The van der Waals surface area contributed by atoms with Crippen LogP contribution in [0.1, 0.15) is 33.7 Å². The first-order valence-electron chi connectivity index (χ1n) is 7.33. The molecule has 0 aromatic carbocycles. The van der Waals surface area contributed by atoms with E-state index in [9.17, 15) is 4.79 Å². The molecule has 1 saturated heterocycles. The van der Waals surface area contributed by atoms with Crippen molar-refractivity contribution in [3.63, 3.8) is 0 Å². The van der Waals surface area contributed by atoms with Gasteiger partial charge in [0, 0.05) is 25.1 Å². The molecule has 1 atom stereocenters. The molecule has 0 spiro atoms. The molecule has 2 aromatic rings.